The quantitative estimate of drug-likeness (QED) is 0.387. The van der Waals surface area contributed by atoms with Crippen LogP contribution in [-0.2, 0) is 4.79 Å². The molecule has 0 bridgehead atoms. The Balaban J connectivity index is 0.000000640. The first-order valence-electron chi connectivity index (χ1n) is 2.51. The number of aliphatic carboxylic acids is 1. The van der Waals surface area contributed by atoms with Gasteiger partial charge in [0.2, 0.25) is 0 Å². The van der Waals surface area contributed by atoms with Crippen LogP contribution in [0.15, 0.2) is 0 Å². The minimum absolute atomic E-state index is 0. The smallest absolute Gasteiger partial charge is 0.547 e. The van der Waals surface area contributed by atoms with Gasteiger partial charge in [0, 0.05) is 0 Å². The van der Waals surface area contributed by atoms with E-state index in [2.05, 4.69) is 0 Å². The molecule has 4 heteroatoms. The number of carbonyl (C=O) groups excluding carboxylic acids is 1. The fourth-order valence-electron chi connectivity index (χ4n) is 0.692. The van der Waals surface area contributed by atoms with Crippen molar-refractivity contribution < 1.29 is 66.4 Å². The molecule has 1 fully saturated rings. The molecule has 1 aliphatic carbocycles. The molecule has 0 aromatic rings. The summed E-state index contributed by atoms with van der Waals surface area (Å²) in [5.41, 5.74) is -1.49. The van der Waals surface area contributed by atoms with Crippen LogP contribution in [0.4, 0.5) is 0 Å². The van der Waals surface area contributed by atoms with Gasteiger partial charge in [0.15, 0.2) is 0 Å². The number of aliphatic hydroxyl groups is 1. The molecule has 0 heterocycles. The van der Waals surface area contributed by atoms with Crippen LogP contribution >= 0.6 is 0 Å². The van der Waals surface area contributed by atoms with Crippen LogP contribution in [0, 0.1) is 5.92 Å². The summed E-state index contributed by atoms with van der Waals surface area (Å²) < 4.78 is 0. The summed E-state index contributed by atoms with van der Waals surface area (Å²) >= 11 is 0. The topological polar surface area (TPSA) is 60.4 Å². The van der Waals surface area contributed by atoms with Crippen molar-refractivity contribution in [3.8, 4) is 0 Å². The molecule has 0 saturated heterocycles. The van der Waals surface area contributed by atoms with Gasteiger partial charge >= 0.3 is 51.4 Å². The van der Waals surface area contributed by atoms with E-state index < -0.39 is 11.6 Å². The fourth-order valence-corrected chi connectivity index (χ4v) is 0.692. The van der Waals surface area contributed by atoms with Gasteiger partial charge in [-0.05, 0) is 12.3 Å². The maximum atomic E-state index is 9.93. The first kappa shape index (κ1) is 10.1. The summed E-state index contributed by atoms with van der Waals surface area (Å²) in [6, 6.07) is 0. The van der Waals surface area contributed by atoms with Gasteiger partial charge in [0.05, 0.1) is 5.97 Å². The van der Waals surface area contributed by atoms with Crippen molar-refractivity contribution in [2.45, 2.75) is 18.9 Å². The van der Waals surface area contributed by atoms with Crippen LogP contribution in [0.3, 0.4) is 0 Å². The van der Waals surface area contributed by atoms with E-state index in [-0.39, 0.29) is 57.3 Å². The number of carboxylic acids is 1. The number of rotatable bonds is 1. The molecule has 1 rings (SSSR count). The number of carboxylic acid groups (broad SMARTS) is 1. The second-order valence-electron chi connectivity index (χ2n) is 2.32. The zero-order chi connectivity index (χ0) is 6.36. The molecule has 3 nitrogen and oxygen atoms in total. The average molecular weight is 154 g/mol. The fraction of sp³-hybridized carbons (Fsp3) is 0.800. The van der Waals surface area contributed by atoms with Crippen molar-refractivity contribution in [2.24, 2.45) is 5.92 Å². The normalized spacial score (nSPS) is 39.1. The molecular formula is C5H7KO3. The summed E-state index contributed by atoms with van der Waals surface area (Å²) in [5, 5.41) is 18.7. The first-order valence-corrected chi connectivity index (χ1v) is 2.51. The molecule has 1 N–H and O–H groups in total. The van der Waals surface area contributed by atoms with Crippen LogP contribution in [0.5, 0.6) is 0 Å². The van der Waals surface area contributed by atoms with Crippen LogP contribution < -0.4 is 56.5 Å². The maximum absolute atomic E-state index is 9.93. The second-order valence-corrected chi connectivity index (χ2v) is 2.32. The predicted molar refractivity (Wildman–Crippen MR) is 23.7 cm³/mol. The number of hydrogen-bond acceptors (Lipinski definition) is 3. The average Bonchev–Trinajstić information content (AvgIpc) is 2.17. The van der Waals surface area contributed by atoms with Crippen LogP contribution in [-0.4, -0.2) is 16.7 Å². The standard InChI is InChI=1S/C5H8O3.K/c1-3-2-5(3,8)4(6)7;/h3,8H,2H2,1H3,(H,6,7);/q;+1/p-1. The third-order valence-electron chi connectivity index (χ3n) is 1.63. The molecule has 0 aromatic carbocycles. The number of carbonyl (C=O) groups is 1. The van der Waals surface area contributed by atoms with Crippen molar-refractivity contribution in [2.75, 3.05) is 0 Å². The molecule has 0 aliphatic heterocycles. The molecular weight excluding hydrogens is 147 g/mol. The van der Waals surface area contributed by atoms with E-state index in [9.17, 15) is 9.90 Å². The summed E-state index contributed by atoms with van der Waals surface area (Å²) in [6.07, 6.45) is 0.343. The summed E-state index contributed by atoms with van der Waals surface area (Å²) in [5.74, 6) is -1.46. The molecule has 0 spiro atoms. The van der Waals surface area contributed by atoms with E-state index in [4.69, 9.17) is 5.11 Å². The Morgan fingerprint density at radius 2 is 2.22 bits per heavy atom. The first-order chi connectivity index (χ1) is 3.57. The van der Waals surface area contributed by atoms with E-state index >= 15 is 0 Å². The van der Waals surface area contributed by atoms with E-state index in [1.54, 1.807) is 6.92 Å². The molecule has 9 heavy (non-hydrogen) atoms. The molecule has 0 aromatic heterocycles. The second kappa shape index (κ2) is 2.98. The Hall–Kier alpha value is 1.07. The predicted octanol–water partition coefficient (Wildman–Crippen LogP) is -4.49. The minimum atomic E-state index is -1.49. The van der Waals surface area contributed by atoms with Crippen LogP contribution in [0.25, 0.3) is 0 Å². The minimum Gasteiger partial charge on any atom is -0.547 e. The summed E-state index contributed by atoms with van der Waals surface area (Å²) in [6.45, 7) is 1.68. The Bertz CT molecular complexity index is 136. The summed E-state index contributed by atoms with van der Waals surface area (Å²) in [7, 11) is 0. The van der Waals surface area contributed by atoms with E-state index in [0.29, 0.717) is 6.42 Å². The van der Waals surface area contributed by atoms with Crippen molar-refractivity contribution in [1.82, 2.24) is 0 Å². The van der Waals surface area contributed by atoms with E-state index in [0.717, 1.165) is 0 Å². The molecule has 0 radical (unpaired) electrons. The maximum Gasteiger partial charge on any atom is 1.00 e. The SMILES string of the molecule is CC1CC1(O)C(=O)[O-].[K+]. The monoisotopic (exact) mass is 154 g/mol. The Morgan fingerprint density at radius 1 is 1.89 bits per heavy atom. The van der Waals surface area contributed by atoms with Gasteiger partial charge in [-0.3, -0.25) is 0 Å². The van der Waals surface area contributed by atoms with Gasteiger partial charge in [-0.25, -0.2) is 0 Å². The summed E-state index contributed by atoms with van der Waals surface area (Å²) in [4.78, 5) is 9.93. The van der Waals surface area contributed by atoms with Crippen LogP contribution in [0.2, 0.25) is 0 Å². The Kier molecular flexibility index (Phi) is 3.33. The van der Waals surface area contributed by atoms with Gasteiger partial charge in [0.1, 0.15) is 5.60 Å². The Morgan fingerprint density at radius 3 is 2.22 bits per heavy atom. The third kappa shape index (κ3) is 1.75. The molecule has 46 valence electrons. The molecule has 2 unspecified atom stereocenters. The molecule has 0 amide bonds. The molecule has 1 saturated carbocycles. The zero-order valence-electron chi connectivity index (χ0n) is 5.55. The van der Waals surface area contributed by atoms with Gasteiger partial charge < -0.3 is 15.0 Å². The largest absolute Gasteiger partial charge is 1.00 e. The Labute approximate surface area is 95.9 Å². The van der Waals surface area contributed by atoms with Crippen molar-refractivity contribution in [1.29, 1.82) is 0 Å². The van der Waals surface area contributed by atoms with Crippen molar-refractivity contribution in [3.63, 3.8) is 0 Å². The van der Waals surface area contributed by atoms with Gasteiger partial charge in [-0.1, -0.05) is 6.92 Å². The third-order valence-corrected chi connectivity index (χ3v) is 1.63. The molecule has 1 aliphatic rings. The van der Waals surface area contributed by atoms with Crippen LogP contribution in [0.1, 0.15) is 13.3 Å². The van der Waals surface area contributed by atoms with Crippen molar-refractivity contribution >= 4 is 5.97 Å². The number of hydrogen-bond donors (Lipinski definition) is 1. The van der Waals surface area contributed by atoms with Crippen molar-refractivity contribution in [3.05, 3.63) is 0 Å². The zero-order valence-corrected chi connectivity index (χ0v) is 8.67. The van der Waals surface area contributed by atoms with E-state index in [1.807, 2.05) is 0 Å². The van der Waals surface area contributed by atoms with Gasteiger partial charge in [-0.15, -0.1) is 0 Å². The van der Waals surface area contributed by atoms with Gasteiger partial charge in [-0.2, -0.15) is 0 Å². The van der Waals surface area contributed by atoms with Gasteiger partial charge in [0.25, 0.3) is 0 Å². The van der Waals surface area contributed by atoms with E-state index in [1.165, 1.54) is 0 Å². The molecule has 2 atom stereocenters.